The van der Waals surface area contributed by atoms with Crippen LogP contribution in [-0.2, 0) is 11.3 Å². The van der Waals surface area contributed by atoms with Gasteiger partial charge in [-0.1, -0.05) is 0 Å². The number of hydrogen-bond acceptors (Lipinski definition) is 5. The molecule has 0 aromatic carbocycles. The summed E-state index contributed by atoms with van der Waals surface area (Å²) in [5, 5.41) is 19.2. The summed E-state index contributed by atoms with van der Waals surface area (Å²) in [4.78, 5) is 11.3. The summed E-state index contributed by atoms with van der Waals surface area (Å²) in [5.41, 5.74) is 0. The first-order valence-electron chi connectivity index (χ1n) is 3.84. The van der Waals surface area contributed by atoms with Crippen LogP contribution in [0.3, 0.4) is 0 Å². The molecule has 8 nitrogen and oxygen atoms in total. The molecule has 8 heteroatoms. The summed E-state index contributed by atoms with van der Waals surface area (Å²) in [7, 11) is 0. The number of carbonyl (C=O) groups is 1. The van der Waals surface area contributed by atoms with Gasteiger partial charge in [0.2, 0.25) is 5.91 Å². The Bertz CT molecular complexity index is 354. The maximum absolute atomic E-state index is 11.3. The monoisotopic (exact) mass is 193 g/mol. The lowest BCUT2D eigenvalue weighted by Crippen LogP contribution is -2.19. The predicted octanol–water partition coefficient (Wildman–Crippen LogP) is -0.965. The molecule has 14 heavy (non-hydrogen) atoms. The molecule has 0 aliphatic rings. The molecule has 0 atom stereocenters. The van der Waals surface area contributed by atoms with E-state index in [2.05, 4.69) is 31.0 Å². The fraction of sp³-hybridized carbons (Fsp3) is 0.167. The van der Waals surface area contributed by atoms with Crippen LogP contribution in [0.15, 0.2) is 18.6 Å². The van der Waals surface area contributed by atoms with E-state index >= 15 is 0 Å². The Kier molecular flexibility index (Phi) is 2.17. The molecule has 2 aromatic heterocycles. The van der Waals surface area contributed by atoms with E-state index in [1.54, 1.807) is 12.3 Å². The highest BCUT2D eigenvalue weighted by Crippen LogP contribution is 1.97. The lowest BCUT2D eigenvalue weighted by atomic mass is 10.5. The molecule has 0 radical (unpaired) electrons. The molecule has 2 heterocycles. The Morgan fingerprint density at radius 2 is 2.57 bits per heavy atom. The van der Waals surface area contributed by atoms with Gasteiger partial charge in [-0.05, 0) is 10.4 Å². The van der Waals surface area contributed by atoms with Crippen LogP contribution in [0.1, 0.15) is 0 Å². The van der Waals surface area contributed by atoms with E-state index in [-0.39, 0.29) is 12.5 Å². The Hall–Kier alpha value is -2.25. The number of aromatic amines is 1. The van der Waals surface area contributed by atoms with Crippen LogP contribution < -0.4 is 5.32 Å². The lowest BCUT2D eigenvalue weighted by molar-refractivity contribution is -0.116. The van der Waals surface area contributed by atoms with Crippen molar-refractivity contribution in [3.8, 4) is 0 Å². The van der Waals surface area contributed by atoms with Crippen molar-refractivity contribution in [1.82, 2.24) is 30.4 Å². The Morgan fingerprint density at radius 3 is 3.21 bits per heavy atom. The molecule has 0 saturated carbocycles. The molecule has 0 saturated heterocycles. The van der Waals surface area contributed by atoms with E-state index in [0.717, 1.165) is 0 Å². The van der Waals surface area contributed by atoms with Gasteiger partial charge in [-0.25, -0.2) is 4.68 Å². The zero-order valence-corrected chi connectivity index (χ0v) is 7.08. The van der Waals surface area contributed by atoms with Crippen LogP contribution in [0, 0.1) is 0 Å². The van der Waals surface area contributed by atoms with Crippen molar-refractivity contribution in [2.24, 2.45) is 0 Å². The number of hydrogen-bond donors (Lipinski definition) is 2. The van der Waals surface area contributed by atoms with Crippen LogP contribution in [0.5, 0.6) is 0 Å². The largest absolute Gasteiger partial charge is 0.309 e. The first-order chi connectivity index (χ1) is 6.84. The SMILES string of the molecule is O=C(Cn1cnnn1)Nc1ccn[nH]1. The highest BCUT2D eigenvalue weighted by atomic mass is 16.2. The van der Waals surface area contributed by atoms with Gasteiger partial charge in [0.1, 0.15) is 18.7 Å². The number of carbonyl (C=O) groups excluding carboxylic acids is 1. The Morgan fingerprint density at radius 1 is 1.64 bits per heavy atom. The van der Waals surface area contributed by atoms with Crippen molar-refractivity contribution < 1.29 is 4.79 Å². The minimum atomic E-state index is -0.221. The molecule has 0 bridgehead atoms. The van der Waals surface area contributed by atoms with Gasteiger partial charge in [0.15, 0.2) is 0 Å². The van der Waals surface area contributed by atoms with Crippen LogP contribution >= 0.6 is 0 Å². The molecule has 2 rings (SSSR count). The molecule has 2 N–H and O–H groups in total. The number of anilines is 1. The van der Waals surface area contributed by atoms with Crippen molar-refractivity contribution in [3.63, 3.8) is 0 Å². The maximum Gasteiger partial charge on any atom is 0.247 e. The van der Waals surface area contributed by atoms with Gasteiger partial charge >= 0.3 is 0 Å². The molecule has 0 unspecified atom stereocenters. The summed E-state index contributed by atoms with van der Waals surface area (Å²) in [5.74, 6) is 0.324. The third kappa shape index (κ3) is 1.91. The molecule has 2 aromatic rings. The third-order valence-electron chi connectivity index (χ3n) is 1.47. The summed E-state index contributed by atoms with van der Waals surface area (Å²) >= 11 is 0. The molecule has 0 aliphatic carbocycles. The molecule has 0 aliphatic heterocycles. The second-order valence-corrected chi connectivity index (χ2v) is 2.53. The van der Waals surface area contributed by atoms with Crippen molar-refractivity contribution in [3.05, 3.63) is 18.6 Å². The topological polar surface area (TPSA) is 101 Å². The first kappa shape index (κ1) is 8.35. The Labute approximate surface area is 78.3 Å². The van der Waals surface area contributed by atoms with E-state index in [0.29, 0.717) is 5.82 Å². The van der Waals surface area contributed by atoms with Crippen molar-refractivity contribution in [1.29, 1.82) is 0 Å². The molecular weight excluding hydrogens is 186 g/mol. The summed E-state index contributed by atoms with van der Waals surface area (Å²) in [6.07, 6.45) is 2.92. The third-order valence-corrected chi connectivity index (χ3v) is 1.47. The van der Waals surface area contributed by atoms with Crippen molar-refractivity contribution in [2.45, 2.75) is 6.54 Å². The van der Waals surface area contributed by atoms with Gasteiger partial charge in [0.05, 0.1) is 6.20 Å². The number of H-pyrrole nitrogens is 1. The summed E-state index contributed by atoms with van der Waals surface area (Å²) in [6, 6.07) is 1.65. The highest BCUT2D eigenvalue weighted by Gasteiger charge is 2.04. The molecular formula is C6H7N7O. The highest BCUT2D eigenvalue weighted by molar-refractivity contribution is 5.89. The number of amides is 1. The predicted molar refractivity (Wildman–Crippen MR) is 45.0 cm³/mol. The number of rotatable bonds is 3. The van der Waals surface area contributed by atoms with E-state index in [1.807, 2.05) is 0 Å². The maximum atomic E-state index is 11.3. The van der Waals surface area contributed by atoms with E-state index in [9.17, 15) is 4.79 Å². The number of nitrogens with one attached hydrogen (secondary N) is 2. The van der Waals surface area contributed by atoms with Crippen LogP contribution in [0.4, 0.5) is 5.82 Å². The minimum absolute atomic E-state index is 0.0754. The zero-order chi connectivity index (χ0) is 9.80. The molecule has 0 fully saturated rings. The van der Waals surface area contributed by atoms with Crippen molar-refractivity contribution >= 4 is 11.7 Å². The standard InChI is InChI=1S/C6H7N7O/c14-6(3-13-4-8-11-12-13)9-5-1-2-7-10-5/h1-2,4H,3H2,(H2,7,9,10,14). The number of nitrogens with zero attached hydrogens (tertiary/aromatic N) is 5. The Balaban J connectivity index is 1.91. The second-order valence-electron chi connectivity index (χ2n) is 2.53. The zero-order valence-electron chi connectivity index (χ0n) is 7.08. The lowest BCUT2D eigenvalue weighted by Gasteiger charge is -2.00. The molecule has 1 amide bonds. The second kappa shape index (κ2) is 3.64. The smallest absolute Gasteiger partial charge is 0.247 e. The fourth-order valence-electron chi connectivity index (χ4n) is 0.915. The number of tetrazole rings is 1. The average molecular weight is 193 g/mol. The minimum Gasteiger partial charge on any atom is -0.309 e. The van der Waals surface area contributed by atoms with Crippen molar-refractivity contribution in [2.75, 3.05) is 5.32 Å². The molecule has 72 valence electrons. The van der Waals surface area contributed by atoms with Gasteiger partial charge in [0.25, 0.3) is 0 Å². The normalized spacial score (nSPS) is 10.0. The van der Waals surface area contributed by atoms with Crippen LogP contribution in [0.2, 0.25) is 0 Å². The first-order valence-corrected chi connectivity index (χ1v) is 3.84. The summed E-state index contributed by atoms with van der Waals surface area (Å²) in [6.45, 7) is 0.0754. The van der Waals surface area contributed by atoms with Crippen LogP contribution in [0.25, 0.3) is 0 Å². The fourth-order valence-corrected chi connectivity index (χ4v) is 0.915. The average Bonchev–Trinajstić information content (AvgIpc) is 2.76. The summed E-state index contributed by atoms with van der Waals surface area (Å²) < 4.78 is 1.33. The van der Waals surface area contributed by atoms with Crippen LogP contribution in [-0.4, -0.2) is 36.3 Å². The molecule has 0 spiro atoms. The van der Waals surface area contributed by atoms with Gasteiger partial charge in [-0.2, -0.15) is 5.10 Å². The van der Waals surface area contributed by atoms with Gasteiger partial charge in [-0.3, -0.25) is 9.89 Å². The van der Waals surface area contributed by atoms with E-state index in [1.165, 1.54) is 11.0 Å². The van der Waals surface area contributed by atoms with E-state index < -0.39 is 0 Å². The van der Waals surface area contributed by atoms with Gasteiger partial charge < -0.3 is 5.32 Å². The van der Waals surface area contributed by atoms with E-state index in [4.69, 9.17) is 0 Å². The van der Waals surface area contributed by atoms with Gasteiger partial charge in [0, 0.05) is 6.07 Å². The number of aromatic nitrogens is 6. The quantitative estimate of drug-likeness (QED) is 0.653. The van der Waals surface area contributed by atoms with Gasteiger partial charge in [-0.15, -0.1) is 5.10 Å².